The molecule has 42 heavy (non-hydrogen) atoms. The highest BCUT2D eigenvalue weighted by Crippen LogP contribution is 2.37. The van der Waals surface area contributed by atoms with Gasteiger partial charge < -0.3 is 29.7 Å². The number of piperidine rings is 1. The number of likely N-dealkylation sites (tertiary alicyclic amines) is 1. The molecule has 0 radical (unpaired) electrons. The maximum Gasteiger partial charge on any atom is 0.317 e. The molecule has 5 rings (SSSR count). The van der Waals surface area contributed by atoms with E-state index in [0.29, 0.717) is 44.8 Å². The van der Waals surface area contributed by atoms with Gasteiger partial charge in [-0.1, -0.05) is 37.5 Å². The van der Waals surface area contributed by atoms with Gasteiger partial charge in [-0.05, 0) is 68.1 Å². The number of methoxy groups -OCH3 is 1. The summed E-state index contributed by atoms with van der Waals surface area (Å²) < 4.78 is 41.1. The first-order valence-electron chi connectivity index (χ1n) is 15.0. The van der Waals surface area contributed by atoms with Crippen molar-refractivity contribution in [3.8, 4) is 22.6 Å². The van der Waals surface area contributed by atoms with E-state index in [1.54, 1.807) is 25.3 Å². The van der Waals surface area contributed by atoms with Gasteiger partial charge in [-0.3, -0.25) is 0 Å². The first-order chi connectivity index (χ1) is 20.2. The van der Waals surface area contributed by atoms with Gasteiger partial charge in [0.05, 0.1) is 19.8 Å². The predicted molar refractivity (Wildman–Crippen MR) is 161 cm³/mol. The van der Waals surface area contributed by atoms with Crippen molar-refractivity contribution in [2.75, 3.05) is 53.5 Å². The van der Waals surface area contributed by atoms with E-state index >= 15 is 0 Å². The van der Waals surface area contributed by atoms with Crippen molar-refractivity contribution in [2.45, 2.75) is 62.0 Å². The van der Waals surface area contributed by atoms with E-state index < -0.39 is 16.1 Å². The molecule has 1 atom stereocenters. The lowest BCUT2D eigenvalue weighted by Gasteiger charge is -2.44. The first-order valence-corrected chi connectivity index (χ1v) is 16.5. The Morgan fingerprint density at radius 2 is 1.83 bits per heavy atom. The third kappa shape index (κ3) is 7.37. The fourth-order valence-corrected chi connectivity index (χ4v) is 7.64. The molecule has 1 unspecified atom stereocenters. The minimum Gasteiger partial charge on any atom is -0.497 e. The second-order valence-corrected chi connectivity index (χ2v) is 13.9. The van der Waals surface area contributed by atoms with Crippen molar-refractivity contribution in [3.05, 3.63) is 42.5 Å². The van der Waals surface area contributed by atoms with Crippen LogP contribution in [0.2, 0.25) is 0 Å². The molecule has 3 N–H and O–H groups in total. The van der Waals surface area contributed by atoms with Crippen LogP contribution in [-0.4, -0.2) is 95.0 Å². The fraction of sp³-hybridized carbons (Fsp3) is 0.581. The zero-order chi connectivity index (χ0) is 29.7. The number of ether oxygens (including phenoxy) is 2. The predicted octanol–water partition coefficient (Wildman–Crippen LogP) is 3.45. The minimum atomic E-state index is -3.95. The topological polar surface area (TPSA) is 120 Å². The van der Waals surface area contributed by atoms with E-state index in [9.17, 15) is 18.3 Å². The number of urea groups is 1. The maximum atomic E-state index is 13.3. The molecule has 1 saturated heterocycles. The van der Waals surface area contributed by atoms with E-state index in [4.69, 9.17) is 9.47 Å². The number of nitrogens with one attached hydrogen (secondary N) is 2. The van der Waals surface area contributed by atoms with Crippen LogP contribution in [0.25, 0.3) is 11.1 Å². The number of benzene rings is 2. The minimum absolute atomic E-state index is 0.0000404. The zero-order valence-electron chi connectivity index (χ0n) is 24.7. The SMILES string of the molecule is COc1cccc(-c2ccc3c(c2)OCC2(CCN(C(=O)NC4CCCCC4)CC2)CN(C)CC(O)CNS3(=O)=O)c1. The van der Waals surface area contributed by atoms with Crippen molar-refractivity contribution in [2.24, 2.45) is 5.41 Å². The molecule has 2 fully saturated rings. The summed E-state index contributed by atoms with van der Waals surface area (Å²) in [7, 11) is -0.409. The monoisotopic (exact) mass is 600 g/mol. The highest BCUT2D eigenvalue weighted by Gasteiger charge is 2.39. The summed E-state index contributed by atoms with van der Waals surface area (Å²) in [6.45, 7) is 2.34. The Morgan fingerprint density at radius 1 is 1.10 bits per heavy atom. The Morgan fingerprint density at radius 3 is 2.57 bits per heavy atom. The van der Waals surface area contributed by atoms with E-state index in [2.05, 4.69) is 10.0 Å². The fourth-order valence-electron chi connectivity index (χ4n) is 6.45. The molecule has 0 aromatic heterocycles. The molecule has 1 saturated carbocycles. The zero-order valence-corrected chi connectivity index (χ0v) is 25.5. The van der Waals surface area contributed by atoms with Gasteiger partial charge in [0, 0.05) is 44.2 Å². The molecule has 2 aromatic rings. The summed E-state index contributed by atoms with van der Waals surface area (Å²) in [5.74, 6) is 0.961. The van der Waals surface area contributed by atoms with Crippen LogP contribution in [-0.2, 0) is 10.0 Å². The second kappa shape index (κ2) is 13.2. The molecule has 3 aliphatic rings. The van der Waals surface area contributed by atoms with Crippen molar-refractivity contribution >= 4 is 16.1 Å². The standard InChI is InChI=1S/C31H44N4O6S/c1-34-20-26(36)19-32-42(38,39)29-12-11-24(23-7-6-10-27(17-23)40-2)18-28(29)41-22-31(21-34)13-15-35(16-14-31)30(37)33-25-8-4-3-5-9-25/h6-7,10-12,17-18,25-26,32,36H,3-5,8-9,13-16,19-22H2,1-2H3,(H,33,37). The maximum absolute atomic E-state index is 13.3. The lowest BCUT2D eigenvalue weighted by molar-refractivity contribution is 0.0239. The third-order valence-corrected chi connectivity index (χ3v) is 10.3. The number of β-amino-alcohol motifs (C(OH)–C–C–N with tert-alkyl or cyclic N) is 1. The lowest BCUT2D eigenvalue weighted by atomic mass is 9.78. The smallest absolute Gasteiger partial charge is 0.317 e. The van der Waals surface area contributed by atoms with Crippen LogP contribution in [0.4, 0.5) is 4.79 Å². The van der Waals surface area contributed by atoms with Crippen LogP contribution in [0.5, 0.6) is 11.5 Å². The number of aliphatic hydroxyl groups is 1. The van der Waals surface area contributed by atoms with E-state index in [0.717, 1.165) is 36.8 Å². The number of amides is 2. The van der Waals surface area contributed by atoms with Gasteiger partial charge in [0.15, 0.2) is 0 Å². The summed E-state index contributed by atoms with van der Waals surface area (Å²) >= 11 is 0. The molecule has 2 aliphatic heterocycles. The van der Waals surface area contributed by atoms with Gasteiger partial charge in [-0.15, -0.1) is 0 Å². The number of fused-ring (bicyclic) bond motifs is 1. The molecular weight excluding hydrogens is 556 g/mol. The van der Waals surface area contributed by atoms with Crippen LogP contribution in [0.1, 0.15) is 44.9 Å². The third-order valence-electron chi connectivity index (χ3n) is 8.85. The highest BCUT2D eigenvalue weighted by molar-refractivity contribution is 7.89. The number of sulfonamides is 1. The molecule has 11 heteroatoms. The molecular formula is C31H44N4O6S. The molecule has 2 amide bonds. The highest BCUT2D eigenvalue weighted by atomic mass is 32.2. The van der Waals surface area contributed by atoms with Gasteiger partial charge in [0.25, 0.3) is 0 Å². The number of carbonyl (C=O) groups is 1. The molecule has 1 spiro atoms. The molecule has 2 aromatic carbocycles. The number of rotatable bonds is 3. The summed E-state index contributed by atoms with van der Waals surface area (Å²) in [5.41, 5.74) is 1.35. The average molecular weight is 601 g/mol. The van der Waals surface area contributed by atoms with Crippen LogP contribution in [0.15, 0.2) is 47.4 Å². The normalized spacial score (nSPS) is 23.6. The summed E-state index contributed by atoms with van der Waals surface area (Å²) in [6.07, 6.45) is 6.19. The number of likely N-dealkylation sites (N-methyl/N-ethyl adjacent to an activating group) is 1. The van der Waals surface area contributed by atoms with Crippen molar-refractivity contribution in [1.29, 1.82) is 0 Å². The van der Waals surface area contributed by atoms with Gasteiger partial charge in [-0.25, -0.2) is 17.9 Å². The van der Waals surface area contributed by atoms with Crippen LogP contribution in [0, 0.1) is 5.41 Å². The number of aliphatic hydroxyl groups excluding tert-OH is 1. The average Bonchev–Trinajstić information content (AvgIpc) is 2.99. The molecule has 2 heterocycles. The Balaban J connectivity index is 1.39. The van der Waals surface area contributed by atoms with E-state index in [-0.39, 0.29) is 41.3 Å². The first kappa shape index (κ1) is 30.6. The van der Waals surface area contributed by atoms with Crippen LogP contribution < -0.4 is 19.5 Å². The summed E-state index contributed by atoms with van der Waals surface area (Å²) in [5, 5.41) is 13.9. The number of hydrogen-bond donors (Lipinski definition) is 3. The van der Waals surface area contributed by atoms with E-state index in [1.807, 2.05) is 41.1 Å². The Bertz CT molecular complexity index is 1340. The van der Waals surface area contributed by atoms with Crippen LogP contribution >= 0.6 is 0 Å². The Kier molecular flexibility index (Phi) is 9.61. The molecule has 10 nitrogen and oxygen atoms in total. The van der Waals surface area contributed by atoms with Crippen LogP contribution in [0.3, 0.4) is 0 Å². The Labute approximate surface area is 249 Å². The lowest BCUT2D eigenvalue weighted by Crippen LogP contribution is -2.54. The number of carbonyl (C=O) groups excluding carboxylic acids is 1. The van der Waals surface area contributed by atoms with Gasteiger partial charge >= 0.3 is 6.03 Å². The largest absolute Gasteiger partial charge is 0.497 e. The van der Waals surface area contributed by atoms with Crippen molar-refractivity contribution < 1.29 is 27.8 Å². The second-order valence-electron chi connectivity index (χ2n) is 12.2. The van der Waals surface area contributed by atoms with Gasteiger partial charge in [0.2, 0.25) is 10.0 Å². The molecule has 0 bridgehead atoms. The number of hydrogen-bond acceptors (Lipinski definition) is 7. The summed E-state index contributed by atoms with van der Waals surface area (Å²) in [6, 6.07) is 12.9. The van der Waals surface area contributed by atoms with Gasteiger partial charge in [-0.2, -0.15) is 0 Å². The van der Waals surface area contributed by atoms with Gasteiger partial charge in [0.1, 0.15) is 16.4 Å². The Hall–Kier alpha value is -2.86. The molecule has 230 valence electrons. The van der Waals surface area contributed by atoms with E-state index in [1.165, 1.54) is 6.42 Å². The van der Waals surface area contributed by atoms with Crippen molar-refractivity contribution in [1.82, 2.24) is 19.8 Å². The number of nitrogens with zero attached hydrogens (tertiary/aromatic N) is 2. The van der Waals surface area contributed by atoms with Crippen molar-refractivity contribution in [3.63, 3.8) is 0 Å². The quantitative estimate of drug-likeness (QED) is 0.494. The summed E-state index contributed by atoms with van der Waals surface area (Å²) in [4.78, 5) is 17.0. The molecule has 1 aliphatic carbocycles.